The van der Waals surface area contributed by atoms with Gasteiger partial charge in [0.25, 0.3) is 0 Å². The van der Waals surface area contributed by atoms with Gasteiger partial charge in [-0.3, -0.25) is 0 Å². The maximum Gasteiger partial charge on any atom is 0.137 e. The molecule has 4 rings (SSSR count). The zero-order valence-corrected chi connectivity index (χ0v) is 19.6. The van der Waals surface area contributed by atoms with Crippen molar-refractivity contribution < 1.29 is 17.9 Å². The Morgan fingerprint density at radius 3 is 2.26 bits per heavy atom. The molecule has 4 aromatic carbocycles. The van der Waals surface area contributed by atoms with Crippen LogP contribution in [-0.4, -0.2) is 6.61 Å². The molecule has 0 N–H and O–H groups in total. The summed E-state index contributed by atoms with van der Waals surface area (Å²) in [6, 6.07) is 19.9. The average molecular weight is 474 g/mol. The Morgan fingerprint density at radius 1 is 0.829 bits per heavy atom. The molecule has 0 saturated heterocycles. The Balaban J connectivity index is 1.54. The highest BCUT2D eigenvalue weighted by Gasteiger charge is 2.16. The van der Waals surface area contributed by atoms with E-state index in [4.69, 9.17) is 10.00 Å². The number of nitriles is 1. The lowest BCUT2D eigenvalue weighted by molar-refractivity contribution is 0.303. The number of hydrogen-bond donors (Lipinski definition) is 0. The van der Waals surface area contributed by atoms with Crippen molar-refractivity contribution in [1.82, 2.24) is 0 Å². The second-order valence-corrected chi connectivity index (χ2v) is 8.60. The Kier molecular flexibility index (Phi) is 7.72. The smallest absolute Gasteiger partial charge is 0.137 e. The highest BCUT2D eigenvalue weighted by Crippen LogP contribution is 2.33. The molecule has 0 bridgehead atoms. The van der Waals surface area contributed by atoms with E-state index in [1.807, 2.05) is 12.1 Å². The molecule has 0 radical (unpaired) electrons. The second kappa shape index (κ2) is 11.1. The molecular weight excluding hydrogens is 447 g/mol. The van der Waals surface area contributed by atoms with Crippen molar-refractivity contribution in [2.45, 2.75) is 39.0 Å². The van der Waals surface area contributed by atoms with Crippen LogP contribution < -0.4 is 4.74 Å². The maximum absolute atomic E-state index is 15.2. The quantitative estimate of drug-likeness (QED) is 0.230. The van der Waals surface area contributed by atoms with E-state index in [1.165, 1.54) is 12.1 Å². The molecule has 0 aliphatic heterocycles. The summed E-state index contributed by atoms with van der Waals surface area (Å²) in [5.74, 6) is -1.60. The molecule has 0 saturated carbocycles. The number of fused-ring (bicyclic) bond motifs is 1. The summed E-state index contributed by atoms with van der Waals surface area (Å²) in [6.07, 6.45) is 3.99. The lowest BCUT2D eigenvalue weighted by Crippen LogP contribution is -2.00. The molecule has 178 valence electrons. The molecule has 5 heteroatoms. The standard InChI is InChI=1S/C30H26F3NO/c1-2-3-4-15-35-25-17-27(31)29(28(32)18-25)24-13-14-26-23(16-24)12-11-22(30(26)33)10-9-20-5-7-21(19-34)8-6-20/h5-8,11-14,16-18H,2-4,9-10,15H2,1H3. The summed E-state index contributed by atoms with van der Waals surface area (Å²) in [7, 11) is 0. The van der Waals surface area contributed by atoms with E-state index in [0.717, 1.165) is 24.8 Å². The molecule has 0 fully saturated rings. The molecule has 0 aromatic heterocycles. The van der Waals surface area contributed by atoms with E-state index >= 15 is 4.39 Å². The van der Waals surface area contributed by atoms with Crippen LogP contribution in [0.5, 0.6) is 5.75 Å². The van der Waals surface area contributed by atoms with Crippen molar-refractivity contribution in [2.24, 2.45) is 0 Å². The van der Waals surface area contributed by atoms with Gasteiger partial charge in [-0.05, 0) is 59.5 Å². The van der Waals surface area contributed by atoms with Gasteiger partial charge in [-0.25, -0.2) is 13.2 Å². The normalized spacial score (nSPS) is 10.9. The number of benzene rings is 4. The van der Waals surface area contributed by atoms with Crippen LogP contribution in [0.4, 0.5) is 13.2 Å². The maximum atomic E-state index is 15.2. The monoisotopic (exact) mass is 473 g/mol. The molecule has 35 heavy (non-hydrogen) atoms. The minimum atomic E-state index is -0.714. The number of rotatable bonds is 9. The van der Waals surface area contributed by atoms with E-state index in [1.54, 1.807) is 42.5 Å². The highest BCUT2D eigenvalue weighted by atomic mass is 19.1. The summed E-state index contributed by atoms with van der Waals surface area (Å²) in [5.41, 5.74) is 2.36. The summed E-state index contributed by atoms with van der Waals surface area (Å²) in [4.78, 5) is 0. The molecule has 0 unspecified atom stereocenters. The van der Waals surface area contributed by atoms with Crippen LogP contribution in [0.3, 0.4) is 0 Å². The van der Waals surface area contributed by atoms with Crippen LogP contribution >= 0.6 is 0 Å². The number of ether oxygens (including phenoxy) is 1. The van der Waals surface area contributed by atoms with Crippen molar-refractivity contribution in [3.05, 3.63) is 101 Å². The van der Waals surface area contributed by atoms with Crippen LogP contribution in [0.25, 0.3) is 21.9 Å². The van der Waals surface area contributed by atoms with Gasteiger partial charge in [0.05, 0.1) is 23.8 Å². The van der Waals surface area contributed by atoms with Crippen LogP contribution in [0.1, 0.15) is 42.9 Å². The zero-order chi connectivity index (χ0) is 24.8. The lowest BCUT2D eigenvalue weighted by atomic mass is 9.96. The van der Waals surface area contributed by atoms with Gasteiger partial charge in [-0.2, -0.15) is 5.26 Å². The third kappa shape index (κ3) is 5.66. The topological polar surface area (TPSA) is 33.0 Å². The van der Waals surface area contributed by atoms with E-state index in [-0.39, 0.29) is 17.1 Å². The largest absolute Gasteiger partial charge is 0.493 e. The van der Waals surface area contributed by atoms with E-state index in [9.17, 15) is 8.78 Å². The summed E-state index contributed by atoms with van der Waals surface area (Å²) < 4.78 is 50.3. The van der Waals surface area contributed by atoms with Crippen LogP contribution in [0, 0.1) is 28.8 Å². The molecule has 0 spiro atoms. The van der Waals surface area contributed by atoms with Gasteiger partial charge in [-0.15, -0.1) is 0 Å². The lowest BCUT2D eigenvalue weighted by Gasteiger charge is -2.12. The van der Waals surface area contributed by atoms with E-state index in [2.05, 4.69) is 13.0 Å². The van der Waals surface area contributed by atoms with E-state index in [0.29, 0.717) is 46.9 Å². The molecule has 0 heterocycles. The minimum Gasteiger partial charge on any atom is -0.493 e. The number of unbranched alkanes of at least 4 members (excludes halogenated alkanes) is 2. The summed E-state index contributed by atoms with van der Waals surface area (Å²) >= 11 is 0. The van der Waals surface area contributed by atoms with Crippen LogP contribution in [0.15, 0.2) is 66.7 Å². The number of nitrogens with zero attached hydrogens (tertiary/aromatic N) is 1. The van der Waals surface area contributed by atoms with Gasteiger partial charge in [-0.1, -0.05) is 56.2 Å². The number of aryl methyl sites for hydroxylation is 2. The summed E-state index contributed by atoms with van der Waals surface area (Å²) in [5, 5.41) is 9.88. The Labute approximate surface area is 203 Å². The highest BCUT2D eigenvalue weighted by molar-refractivity contribution is 5.88. The predicted octanol–water partition coefficient (Wildman–Crippen LogP) is 8.15. The number of halogens is 3. The first-order chi connectivity index (χ1) is 17.0. The fourth-order valence-corrected chi connectivity index (χ4v) is 4.16. The molecule has 0 aliphatic carbocycles. The predicted molar refractivity (Wildman–Crippen MR) is 133 cm³/mol. The summed E-state index contributed by atoms with van der Waals surface area (Å²) in [6.45, 7) is 2.48. The minimum absolute atomic E-state index is 0.155. The second-order valence-electron chi connectivity index (χ2n) is 8.60. The van der Waals surface area contributed by atoms with Crippen LogP contribution in [-0.2, 0) is 12.8 Å². The number of hydrogen-bond acceptors (Lipinski definition) is 2. The third-order valence-electron chi connectivity index (χ3n) is 6.12. The fraction of sp³-hybridized carbons (Fsp3) is 0.233. The molecular formula is C30H26F3NO. The van der Waals surface area contributed by atoms with Crippen molar-refractivity contribution in [1.29, 1.82) is 5.26 Å². The molecule has 0 atom stereocenters. The first-order valence-electron chi connectivity index (χ1n) is 11.8. The Bertz CT molecular complexity index is 1350. The van der Waals surface area contributed by atoms with Gasteiger partial charge in [0.15, 0.2) is 0 Å². The third-order valence-corrected chi connectivity index (χ3v) is 6.12. The van der Waals surface area contributed by atoms with Gasteiger partial charge in [0.1, 0.15) is 23.2 Å². The van der Waals surface area contributed by atoms with Gasteiger partial charge < -0.3 is 4.74 Å². The first kappa shape index (κ1) is 24.3. The Hall–Kier alpha value is -3.78. The molecule has 0 amide bonds. The van der Waals surface area contributed by atoms with E-state index < -0.39 is 11.6 Å². The van der Waals surface area contributed by atoms with Crippen molar-refractivity contribution in [2.75, 3.05) is 6.61 Å². The fourth-order valence-electron chi connectivity index (χ4n) is 4.16. The first-order valence-corrected chi connectivity index (χ1v) is 11.8. The molecule has 4 aromatic rings. The zero-order valence-electron chi connectivity index (χ0n) is 19.6. The SMILES string of the molecule is CCCCCOc1cc(F)c(-c2ccc3c(F)c(CCc4ccc(C#N)cc4)ccc3c2)c(F)c1. The van der Waals surface area contributed by atoms with Gasteiger partial charge in [0.2, 0.25) is 0 Å². The van der Waals surface area contributed by atoms with Crippen LogP contribution in [0.2, 0.25) is 0 Å². The molecule has 0 aliphatic rings. The van der Waals surface area contributed by atoms with Gasteiger partial charge in [0, 0.05) is 17.5 Å². The average Bonchev–Trinajstić information content (AvgIpc) is 2.86. The van der Waals surface area contributed by atoms with Crippen molar-refractivity contribution >= 4 is 10.8 Å². The van der Waals surface area contributed by atoms with Crippen molar-refractivity contribution in [3.8, 4) is 22.9 Å². The van der Waals surface area contributed by atoms with Gasteiger partial charge >= 0.3 is 0 Å². The molecule has 2 nitrogen and oxygen atoms in total. The van der Waals surface area contributed by atoms with Crippen molar-refractivity contribution in [3.63, 3.8) is 0 Å². The Morgan fingerprint density at radius 2 is 1.57 bits per heavy atom.